The van der Waals surface area contributed by atoms with Crippen LogP contribution < -0.4 is 4.90 Å². The second-order valence-corrected chi connectivity index (χ2v) is 7.00. The summed E-state index contributed by atoms with van der Waals surface area (Å²) in [6, 6.07) is 9.15. The molecule has 2 nitrogen and oxygen atoms in total. The van der Waals surface area contributed by atoms with Crippen molar-refractivity contribution in [3.8, 4) is 6.07 Å². The van der Waals surface area contributed by atoms with Crippen molar-refractivity contribution >= 4 is 5.69 Å². The molecule has 1 saturated carbocycles. The molecule has 19 heavy (non-hydrogen) atoms. The summed E-state index contributed by atoms with van der Waals surface area (Å²) in [4.78, 5) is 2.23. The summed E-state index contributed by atoms with van der Waals surface area (Å²) in [7, 11) is 2.09. The Labute approximate surface area is 117 Å². The normalized spacial score (nSPS) is 16.8. The Bertz CT molecular complexity index is 513. The van der Waals surface area contributed by atoms with E-state index in [1.54, 1.807) is 0 Å². The lowest BCUT2D eigenvalue weighted by atomic mass is 9.86. The number of anilines is 1. The first kappa shape index (κ1) is 13.9. The number of benzene rings is 1. The molecule has 1 aliphatic carbocycles. The van der Waals surface area contributed by atoms with Crippen LogP contribution >= 0.6 is 0 Å². The van der Waals surface area contributed by atoms with E-state index in [0.717, 1.165) is 19.4 Å². The van der Waals surface area contributed by atoms with Gasteiger partial charge in [0.2, 0.25) is 0 Å². The highest BCUT2D eigenvalue weighted by Crippen LogP contribution is 2.46. The average molecular weight is 256 g/mol. The van der Waals surface area contributed by atoms with Crippen LogP contribution in [0.4, 0.5) is 5.69 Å². The van der Waals surface area contributed by atoms with Gasteiger partial charge in [-0.1, -0.05) is 32.9 Å². The highest BCUT2D eigenvalue weighted by atomic mass is 15.1. The number of nitriles is 1. The highest BCUT2D eigenvalue weighted by Gasteiger charge is 2.44. The zero-order valence-electron chi connectivity index (χ0n) is 12.7. The van der Waals surface area contributed by atoms with Crippen LogP contribution in [0.25, 0.3) is 0 Å². The lowest BCUT2D eigenvalue weighted by molar-refractivity contribution is 0.589. The predicted octanol–water partition coefficient (Wildman–Crippen LogP) is 4.03. The lowest BCUT2D eigenvalue weighted by Gasteiger charge is -2.26. The van der Waals surface area contributed by atoms with E-state index in [-0.39, 0.29) is 10.8 Å². The third-order valence-electron chi connectivity index (χ3n) is 4.10. The quantitative estimate of drug-likeness (QED) is 0.816. The van der Waals surface area contributed by atoms with Crippen LogP contribution in [0, 0.1) is 23.7 Å². The summed E-state index contributed by atoms with van der Waals surface area (Å²) in [6.07, 6.45) is 2.10. The van der Waals surface area contributed by atoms with Gasteiger partial charge in [-0.25, -0.2) is 0 Å². The third-order valence-corrected chi connectivity index (χ3v) is 4.10. The minimum Gasteiger partial charge on any atom is -0.373 e. The van der Waals surface area contributed by atoms with Crippen molar-refractivity contribution < 1.29 is 0 Å². The van der Waals surface area contributed by atoms with Crippen molar-refractivity contribution in [3.63, 3.8) is 0 Å². The van der Waals surface area contributed by atoms with Crippen molar-refractivity contribution in [1.82, 2.24) is 0 Å². The number of rotatable bonds is 3. The van der Waals surface area contributed by atoms with Crippen LogP contribution in [0.1, 0.15) is 44.7 Å². The molecule has 0 amide bonds. The Kier molecular flexibility index (Phi) is 3.34. The maximum Gasteiger partial charge on any atom is 0.0749 e. The zero-order chi connectivity index (χ0) is 14.3. The molecule has 1 aromatic rings. The summed E-state index contributed by atoms with van der Waals surface area (Å²) in [5, 5.41) is 9.20. The number of nitrogens with zero attached hydrogens (tertiary/aromatic N) is 2. The Morgan fingerprint density at radius 3 is 2.37 bits per heavy atom. The van der Waals surface area contributed by atoms with Gasteiger partial charge in [0, 0.05) is 19.3 Å². The summed E-state index contributed by atoms with van der Waals surface area (Å²) >= 11 is 0. The molecule has 0 bridgehead atoms. The first-order valence-corrected chi connectivity index (χ1v) is 7.01. The SMILES string of the molecule is Cc1cc(C(C)(C)C)ccc1N(C)CC1(C#N)CC1. The molecule has 102 valence electrons. The van der Waals surface area contributed by atoms with Gasteiger partial charge in [0.1, 0.15) is 0 Å². The molecule has 1 fully saturated rings. The molecule has 0 aliphatic heterocycles. The van der Waals surface area contributed by atoms with Crippen LogP contribution in [0.15, 0.2) is 18.2 Å². The molecule has 1 aromatic carbocycles. The molecule has 0 radical (unpaired) electrons. The fraction of sp³-hybridized carbons (Fsp3) is 0.588. The molecule has 0 atom stereocenters. The van der Waals surface area contributed by atoms with Crippen LogP contribution in [0.5, 0.6) is 0 Å². The molecular weight excluding hydrogens is 232 g/mol. The summed E-state index contributed by atoms with van der Waals surface area (Å²) in [6.45, 7) is 9.71. The Balaban J connectivity index is 2.20. The van der Waals surface area contributed by atoms with Crippen LogP contribution in [0.3, 0.4) is 0 Å². The highest BCUT2D eigenvalue weighted by molar-refractivity contribution is 5.55. The molecule has 0 aromatic heterocycles. The van der Waals surface area contributed by atoms with Gasteiger partial charge in [-0.3, -0.25) is 0 Å². The maximum atomic E-state index is 9.20. The molecule has 0 heterocycles. The predicted molar refractivity (Wildman–Crippen MR) is 80.4 cm³/mol. The van der Waals surface area contributed by atoms with Gasteiger partial charge in [0.05, 0.1) is 11.5 Å². The van der Waals surface area contributed by atoms with Crippen molar-refractivity contribution in [2.45, 2.75) is 46.0 Å². The van der Waals surface area contributed by atoms with Gasteiger partial charge in [-0.2, -0.15) is 5.26 Å². The minimum atomic E-state index is -0.0795. The third kappa shape index (κ3) is 2.92. The molecular formula is C17H24N2. The smallest absolute Gasteiger partial charge is 0.0749 e. The van der Waals surface area contributed by atoms with E-state index in [0.29, 0.717) is 0 Å². The first-order chi connectivity index (χ1) is 8.77. The van der Waals surface area contributed by atoms with E-state index in [1.165, 1.54) is 16.8 Å². The van der Waals surface area contributed by atoms with Crippen molar-refractivity contribution in [2.24, 2.45) is 5.41 Å². The second kappa shape index (κ2) is 4.56. The van der Waals surface area contributed by atoms with Gasteiger partial charge in [0.15, 0.2) is 0 Å². The molecule has 0 saturated heterocycles. The molecule has 0 N–H and O–H groups in total. The van der Waals surface area contributed by atoms with E-state index in [9.17, 15) is 5.26 Å². The van der Waals surface area contributed by atoms with Crippen LogP contribution in [-0.2, 0) is 5.41 Å². The van der Waals surface area contributed by atoms with Gasteiger partial charge >= 0.3 is 0 Å². The Morgan fingerprint density at radius 1 is 1.32 bits per heavy atom. The standard InChI is InChI=1S/C17H24N2/c1-13-10-14(16(2,3)4)6-7-15(13)19(5)12-17(11-18)8-9-17/h6-7,10H,8-9,12H2,1-5H3. The van der Waals surface area contributed by atoms with E-state index < -0.39 is 0 Å². The number of aryl methyl sites for hydroxylation is 1. The van der Waals surface area contributed by atoms with Gasteiger partial charge in [0.25, 0.3) is 0 Å². The number of hydrogen-bond donors (Lipinski definition) is 0. The van der Waals surface area contributed by atoms with Crippen LogP contribution in [-0.4, -0.2) is 13.6 Å². The molecule has 0 unspecified atom stereocenters. The van der Waals surface area contributed by atoms with E-state index in [2.05, 4.69) is 63.9 Å². The summed E-state index contributed by atoms with van der Waals surface area (Å²) < 4.78 is 0. The van der Waals surface area contributed by atoms with Gasteiger partial charge in [-0.15, -0.1) is 0 Å². The van der Waals surface area contributed by atoms with Crippen molar-refractivity contribution in [3.05, 3.63) is 29.3 Å². The van der Waals surface area contributed by atoms with E-state index in [1.807, 2.05) is 0 Å². The molecule has 2 heteroatoms. The van der Waals surface area contributed by atoms with Crippen molar-refractivity contribution in [2.75, 3.05) is 18.5 Å². The van der Waals surface area contributed by atoms with Crippen molar-refractivity contribution in [1.29, 1.82) is 5.26 Å². The summed E-state index contributed by atoms with van der Waals surface area (Å²) in [5.74, 6) is 0. The fourth-order valence-electron chi connectivity index (χ4n) is 2.55. The maximum absolute atomic E-state index is 9.20. The Morgan fingerprint density at radius 2 is 1.95 bits per heavy atom. The lowest BCUT2D eigenvalue weighted by Crippen LogP contribution is -2.26. The first-order valence-electron chi connectivity index (χ1n) is 7.01. The molecule has 1 aliphatic rings. The van der Waals surface area contributed by atoms with Gasteiger partial charge in [-0.05, 0) is 42.4 Å². The van der Waals surface area contributed by atoms with Crippen LogP contribution in [0.2, 0.25) is 0 Å². The largest absolute Gasteiger partial charge is 0.373 e. The number of hydrogen-bond acceptors (Lipinski definition) is 2. The fourth-order valence-corrected chi connectivity index (χ4v) is 2.55. The van der Waals surface area contributed by atoms with E-state index in [4.69, 9.17) is 0 Å². The monoisotopic (exact) mass is 256 g/mol. The topological polar surface area (TPSA) is 27.0 Å². The second-order valence-electron chi connectivity index (χ2n) is 7.00. The molecule has 2 rings (SSSR count). The van der Waals surface area contributed by atoms with E-state index >= 15 is 0 Å². The summed E-state index contributed by atoms with van der Waals surface area (Å²) in [5.41, 5.74) is 4.01. The molecule has 0 spiro atoms. The van der Waals surface area contributed by atoms with Gasteiger partial charge < -0.3 is 4.90 Å². The minimum absolute atomic E-state index is 0.0795. The Hall–Kier alpha value is -1.49. The average Bonchev–Trinajstić information content (AvgIpc) is 3.08. The zero-order valence-corrected chi connectivity index (χ0v) is 12.7.